The van der Waals surface area contributed by atoms with Gasteiger partial charge in [0.2, 0.25) is 0 Å². The van der Waals surface area contributed by atoms with Crippen LogP contribution in [-0.2, 0) is 4.74 Å². The molecule has 0 aliphatic rings. The number of ether oxygens (including phenoxy) is 1. The van der Waals surface area contributed by atoms with Gasteiger partial charge in [0, 0.05) is 26.7 Å². The molecule has 1 aromatic carbocycles. The molecule has 0 saturated carbocycles. The molecule has 0 fully saturated rings. The lowest BCUT2D eigenvalue weighted by atomic mass is 10.0. The largest absolute Gasteiger partial charge is 0.388 e. The van der Waals surface area contributed by atoms with Crippen LogP contribution < -0.4 is 5.32 Å². The van der Waals surface area contributed by atoms with Gasteiger partial charge in [0.25, 0.3) is 5.69 Å². The van der Waals surface area contributed by atoms with Gasteiger partial charge in [-0.2, -0.15) is 0 Å². The molecule has 0 spiro atoms. The Hall–Kier alpha value is -1.80. The number of halogens is 2. The third-order valence-corrected chi connectivity index (χ3v) is 2.73. The van der Waals surface area contributed by atoms with Gasteiger partial charge >= 0.3 is 0 Å². The van der Waals surface area contributed by atoms with E-state index in [4.69, 9.17) is 4.74 Å². The van der Waals surface area contributed by atoms with Crippen molar-refractivity contribution in [1.82, 2.24) is 0 Å². The second-order valence-electron chi connectivity index (χ2n) is 4.63. The molecule has 6 nitrogen and oxygen atoms in total. The minimum atomic E-state index is -1.23. The van der Waals surface area contributed by atoms with Gasteiger partial charge in [0.15, 0.2) is 11.6 Å². The minimum Gasteiger partial charge on any atom is -0.388 e. The van der Waals surface area contributed by atoms with E-state index in [0.29, 0.717) is 18.7 Å². The third kappa shape index (κ3) is 4.39. The lowest BCUT2D eigenvalue weighted by molar-refractivity contribution is -0.385. The lowest BCUT2D eigenvalue weighted by Gasteiger charge is -2.24. The van der Waals surface area contributed by atoms with Crippen LogP contribution in [0.4, 0.5) is 20.2 Å². The molecule has 0 amide bonds. The summed E-state index contributed by atoms with van der Waals surface area (Å²) in [5.74, 6) is -2.17. The van der Waals surface area contributed by atoms with Crippen LogP contribution in [0.15, 0.2) is 12.1 Å². The molecule has 1 atom stereocenters. The first-order valence-corrected chi connectivity index (χ1v) is 5.85. The highest BCUT2D eigenvalue weighted by molar-refractivity contribution is 5.51. The molecule has 1 unspecified atom stereocenters. The summed E-state index contributed by atoms with van der Waals surface area (Å²) in [4.78, 5) is 9.57. The van der Waals surface area contributed by atoms with Crippen LogP contribution in [0, 0.1) is 21.7 Å². The maximum atomic E-state index is 13.6. The SMILES string of the molecule is COCCC(C)(O)CNc1c(F)cc([N+](=O)[O-])cc1F. The Labute approximate surface area is 114 Å². The lowest BCUT2D eigenvalue weighted by Crippen LogP contribution is -2.35. The number of nitro benzene ring substituents is 1. The highest BCUT2D eigenvalue weighted by Crippen LogP contribution is 2.25. The molecular formula is C12H16F2N2O4. The van der Waals surface area contributed by atoms with Crippen LogP contribution in [0.2, 0.25) is 0 Å². The zero-order chi connectivity index (χ0) is 15.3. The summed E-state index contributed by atoms with van der Waals surface area (Å²) in [7, 11) is 1.47. The first-order valence-electron chi connectivity index (χ1n) is 5.85. The number of rotatable bonds is 7. The van der Waals surface area contributed by atoms with E-state index in [-0.39, 0.29) is 13.0 Å². The number of benzene rings is 1. The molecule has 0 aromatic heterocycles. The van der Waals surface area contributed by atoms with E-state index in [1.54, 1.807) is 0 Å². The summed E-state index contributed by atoms with van der Waals surface area (Å²) in [5.41, 5.74) is -2.40. The van der Waals surface area contributed by atoms with Crippen molar-refractivity contribution in [1.29, 1.82) is 0 Å². The van der Waals surface area contributed by atoms with Crippen LogP contribution in [0.1, 0.15) is 13.3 Å². The summed E-state index contributed by atoms with van der Waals surface area (Å²) in [5, 5.41) is 22.8. The van der Waals surface area contributed by atoms with Crippen LogP contribution >= 0.6 is 0 Å². The van der Waals surface area contributed by atoms with Gasteiger partial charge in [-0.1, -0.05) is 0 Å². The molecule has 1 rings (SSSR count). The fourth-order valence-corrected chi connectivity index (χ4v) is 1.52. The van der Waals surface area contributed by atoms with Crippen molar-refractivity contribution >= 4 is 11.4 Å². The normalized spacial score (nSPS) is 13.8. The maximum absolute atomic E-state index is 13.6. The predicted molar refractivity (Wildman–Crippen MR) is 68.6 cm³/mol. The number of anilines is 1. The Bertz CT molecular complexity index is 471. The van der Waals surface area contributed by atoms with E-state index < -0.39 is 33.5 Å². The number of non-ortho nitro benzene ring substituents is 1. The van der Waals surface area contributed by atoms with Gasteiger partial charge in [-0.25, -0.2) is 8.78 Å². The average Bonchev–Trinajstić information content (AvgIpc) is 2.35. The van der Waals surface area contributed by atoms with E-state index in [1.807, 2.05) is 0 Å². The van der Waals surface area contributed by atoms with Crippen LogP contribution in [-0.4, -0.2) is 35.9 Å². The van der Waals surface area contributed by atoms with Gasteiger partial charge in [-0.15, -0.1) is 0 Å². The molecule has 0 saturated heterocycles. The van der Waals surface area contributed by atoms with E-state index in [1.165, 1.54) is 14.0 Å². The van der Waals surface area contributed by atoms with E-state index in [2.05, 4.69) is 5.32 Å². The predicted octanol–water partition coefficient (Wildman–Crippen LogP) is 2.07. The average molecular weight is 290 g/mol. The summed E-state index contributed by atoms with van der Waals surface area (Å²) in [6.07, 6.45) is 0.271. The fourth-order valence-electron chi connectivity index (χ4n) is 1.52. The minimum absolute atomic E-state index is 0.123. The Morgan fingerprint density at radius 1 is 1.45 bits per heavy atom. The van der Waals surface area contributed by atoms with Crippen molar-refractivity contribution in [3.05, 3.63) is 33.9 Å². The molecule has 0 heterocycles. The summed E-state index contributed by atoms with van der Waals surface area (Å²) < 4.78 is 32.0. The summed E-state index contributed by atoms with van der Waals surface area (Å²) in [6.45, 7) is 1.65. The molecule has 0 bridgehead atoms. The zero-order valence-electron chi connectivity index (χ0n) is 11.2. The van der Waals surface area contributed by atoms with Crippen molar-refractivity contribution in [3.8, 4) is 0 Å². The molecule has 0 aliphatic heterocycles. The van der Waals surface area contributed by atoms with Gasteiger partial charge in [-0.3, -0.25) is 10.1 Å². The molecule has 0 aliphatic carbocycles. The quantitative estimate of drug-likeness (QED) is 0.593. The number of hydrogen-bond acceptors (Lipinski definition) is 5. The third-order valence-electron chi connectivity index (χ3n) is 2.73. The second kappa shape index (κ2) is 6.58. The van der Waals surface area contributed by atoms with E-state index >= 15 is 0 Å². The van der Waals surface area contributed by atoms with E-state index in [0.717, 1.165) is 0 Å². The number of hydrogen-bond donors (Lipinski definition) is 2. The van der Waals surface area contributed by atoms with Crippen molar-refractivity contribution in [3.63, 3.8) is 0 Å². The fraction of sp³-hybridized carbons (Fsp3) is 0.500. The molecule has 112 valence electrons. The second-order valence-corrected chi connectivity index (χ2v) is 4.63. The van der Waals surface area contributed by atoms with Crippen LogP contribution in [0.5, 0.6) is 0 Å². The first-order chi connectivity index (χ1) is 9.26. The molecule has 0 radical (unpaired) electrons. The molecule has 2 N–H and O–H groups in total. The van der Waals surface area contributed by atoms with E-state index in [9.17, 15) is 24.0 Å². The number of nitro groups is 1. The molecule has 20 heavy (non-hydrogen) atoms. The highest BCUT2D eigenvalue weighted by atomic mass is 19.1. The maximum Gasteiger partial charge on any atom is 0.275 e. The van der Waals surface area contributed by atoms with Crippen molar-refractivity contribution in [2.24, 2.45) is 0 Å². The first kappa shape index (κ1) is 16.3. The topological polar surface area (TPSA) is 84.6 Å². The number of methoxy groups -OCH3 is 1. The number of nitrogens with zero attached hydrogens (tertiary/aromatic N) is 1. The van der Waals surface area contributed by atoms with Crippen LogP contribution in [0.3, 0.4) is 0 Å². The van der Waals surface area contributed by atoms with Crippen molar-refractivity contribution in [2.75, 3.05) is 25.6 Å². The molecular weight excluding hydrogens is 274 g/mol. The monoisotopic (exact) mass is 290 g/mol. The van der Waals surface area contributed by atoms with Crippen LogP contribution in [0.25, 0.3) is 0 Å². The smallest absolute Gasteiger partial charge is 0.275 e. The molecule has 1 aromatic rings. The zero-order valence-corrected chi connectivity index (χ0v) is 11.2. The standard InChI is InChI=1S/C12H16F2N2O4/c1-12(17,3-4-20-2)7-15-11-9(13)5-8(16(18)19)6-10(11)14/h5-6,15,17H,3-4,7H2,1-2H3. The van der Waals surface area contributed by atoms with Gasteiger partial charge in [0.1, 0.15) is 5.69 Å². The Morgan fingerprint density at radius 3 is 2.45 bits per heavy atom. The Morgan fingerprint density at radius 2 is 2.00 bits per heavy atom. The Kier molecular flexibility index (Phi) is 5.34. The van der Waals surface area contributed by atoms with Gasteiger partial charge in [-0.05, 0) is 6.92 Å². The summed E-state index contributed by atoms with van der Waals surface area (Å²) in [6, 6.07) is 1.24. The number of nitrogens with one attached hydrogen (secondary N) is 1. The van der Waals surface area contributed by atoms with Crippen molar-refractivity contribution in [2.45, 2.75) is 18.9 Å². The highest BCUT2D eigenvalue weighted by Gasteiger charge is 2.23. The Balaban J connectivity index is 2.81. The molecule has 8 heteroatoms. The van der Waals surface area contributed by atoms with Gasteiger partial charge < -0.3 is 15.2 Å². The summed E-state index contributed by atoms with van der Waals surface area (Å²) >= 11 is 0. The number of aliphatic hydroxyl groups is 1. The van der Waals surface area contributed by atoms with Gasteiger partial charge in [0.05, 0.1) is 22.7 Å². The van der Waals surface area contributed by atoms with Crippen molar-refractivity contribution < 1.29 is 23.5 Å².